The van der Waals surface area contributed by atoms with Crippen molar-refractivity contribution in [1.82, 2.24) is 9.55 Å². The van der Waals surface area contributed by atoms with Crippen molar-refractivity contribution in [1.29, 1.82) is 0 Å². The van der Waals surface area contributed by atoms with E-state index in [2.05, 4.69) is 4.98 Å². The Hall–Kier alpha value is -1.24. The Morgan fingerprint density at radius 2 is 1.73 bits per heavy atom. The number of halogens is 5. The molecule has 124 valence electrons. The van der Waals surface area contributed by atoms with Gasteiger partial charge in [-0.1, -0.05) is 24.3 Å². The summed E-state index contributed by atoms with van der Waals surface area (Å²) in [6, 6.07) is 6.32. The first kappa shape index (κ1) is 20.8. The van der Waals surface area contributed by atoms with Crippen molar-refractivity contribution in [2.24, 2.45) is 5.73 Å². The average molecular weight is 356 g/mol. The molecule has 0 atom stereocenters. The number of hydrogen-bond donors (Lipinski definition) is 1. The molecule has 1 aromatic heterocycles. The predicted octanol–water partition coefficient (Wildman–Crippen LogP) is 3.85. The summed E-state index contributed by atoms with van der Waals surface area (Å²) in [7, 11) is 0. The third-order valence-electron chi connectivity index (χ3n) is 2.94. The molecule has 0 spiro atoms. The standard InChI is InChI=1S/C14H16F3N3.2ClH/c15-14(16,17)10-11-2-4-12(5-3-11)13-19-7-9-20(13)8-1-6-18;;/h2-5,7,9H,1,6,8,10,18H2;2*1H. The molecule has 2 rings (SSSR count). The zero-order valence-electron chi connectivity index (χ0n) is 11.7. The van der Waals surface area contributed by atoms with Gasteiger partial charge in [-0.25, -0.2) is 4.98 Å². The molecule has 0 radical (unpaired) electrons. The lowest BCUT2D eigenvalue weighted by molar-refractivity contribution is -0.127. The molecule has 8 heteroatoms. The van der Waals surface area contributed by atoms with Gasteiger partial charge in [0.15, 0.2) is 0 Å². The first-order valence-corrected chi connectivity index (χ1v) is 6.37. The molecule has 22 heavy (non-hydrogen) atoms. The van der Waals surface area contributed by atoms with E-state index in [4.69, 9.17) is 5.73 Å². The van der Waals surface area contributed by atoms with Crippen LogP contribution in [-0.4, -0.2) is 22.3 Å². The SMILES string of the molecule is Cl.Cl.NCCCn1ccnc1-c1ccc(CC(F)(F)F)cc1. The molecule has 0 saturated heterocycles. The van der Waals surface area contributed by atoms with Crippen LogP contribution in [0.5, 0.6) is 0 Å². The van der Waals surface area contributed by atoms with Gasteiger partial charge in [0.2, 0.25) is 0 Å². The molecule has 0 aliphatic heterocycles. The molecule has 0 saturated carbocycles. The van der Waals surface area contributed by atoms with E-state index in [1.165, 1.54) is 12.1 Å². The second-order valence-corrected chi connectivity index (χ2v) is 4.58. The largest absolute Gasteiger partial charge is 0.393 e. The van der Waals surface area contributed by atoms with Gasteiger partial charge in [0.25, 0.3) is 0 Å². The van der Waals surface area contributed by atoms with Gasteiger partial charge in [0.05, 0.1) is 6.42 Å². The number of rotatable bonds is 5. The van der Waals surface area contributed by atoms with Gasteiger partial charge in [-0.3, -0.25) is 0 Å². The van der Waals surface area contributed by atoms with Crippen LogP contribution in [0.3, 0.4) is 0 Å². The number of aryl methyl sites for hydroxylation is 1. The zero-order valence-corrected chi connectivity index (χ0v) is 13.3. The molecule has 0 bridgehead atoms. The van der Waals surface area contributed by atoms with Crippen molar-refractivity contribution >= 4 is 24.8 Å². The Balaban J connectivity index is 0.00000220. The number of nitrogens with two attached hydrogens (primary N) is 1. The molecular weight excluding hydrogens is 338 g/mol. The van der Waals surface area contributed by atoms with Crippen molar-refractivity contribution in [3.63, 3.8) is 0 Å². The monoisotopic (exact) mass is 355 g/mol. The Morgan fingerprint density at radius 1 is 1.09 bits per heavy atom. The Bertz CT molecular complexity index is 553. The molecule has 3 nitrogen and oxygen atoms in total. The topological polar surface area (TPSA) is 43.8 Å². The number of alkyl halides is 3. The maximum absolute atomic E-state index is 12.3. The summed E-state index contributed by atoms with van der Waals surface area (Å²) >= 11 is 0. The lowest BCUT2D eigenvalue weighted by Gasteiger charge is -2.09. The van der Waals surface area contributed by atoms with Crippen molar-refractivity contribution in [2.45, 2.75) is 25.6 Å². The molecule has 2 N–H and O–H groups in total. The van der Waals surface area contributed by atoms with Crippen molar-refractivity contribution in [3.8, 4) is 11.4 Å². The summed E-state index contributed by atoms with van der Waals surface area (Å²) < 4.78 is 38.8. The lowest BCUT2D eigenvalue weighted by atomic mass is 10.1. The summed E-state index contributed by atoms with van der Waals surface area (Å²) in [5.74, 6) is 0.747. The summed E-state index contributed by atoms with van der Waals surface area (Å²) in [5.41, 5.74) is 6.53. The number of aromatic nitrogens is 2. The molecular formula is C14H18Cl2F3N3. The highest BCUT2D eigenvalue weighted by atomic mass is 35.5. The minimum Gasteiger partial charge on any atom is -0.331 e. The van der Waals surface area contributed by atoms with Crippen LogP contribution in [0, 0.1) is 0 Å². The van der Waals surface area contributed by atoms with E-state index in [0.29, 0.717) is 6.54 Å². The Kier molecular flexibility index (Phi) is 8.52. The predicted molar refractivity (Wildman–Crippen MR) is 85.6 cm³/mol. The summed E-state index contributed by atoms with van der Waals surface area (Å²) in [6.07, 6.45) is -0.740. The first-order chi connectivity index (χ1) is 9.49. The molecule has 0 aliphatic carbocycles. The smallest absolute Gasteiger partial charge is 0.331 e. The van der Waals surface area contributed by atoms with Crippen LogP contribution in [-0.2, 0) is 13.0 Å². The van der Waals surface area contributed by atoms with Crippen LogP contribution < -0.4 is 5.73 Å². The normalized spacial score (nSPS) is 10.7. The maximum atomic E-state index is 12.3. The van der Waals surface area contributed by atoms with Crippen LogP contribution in [0.25, 0.3) is 11.4 Å². The number of imidazole rings is 1. The van der Waals surface area contributed by atoms with Gasteiger partial charge >= 0.3 is 6.18 Å². The van der Waals surface area contributed by atoms with Crippen molar-refractivity contribution in [3.05, 3.63) is 42.2 Å². The fourth-order valence-electron chi connectivity index (χ4n) is 2.01. The fraction of sp³-hybridized carbons (Fsp3) is 0.357. The quantitative estimate of drug-likeness (QED) is 0.885. The highest BCUT2D eigenvalue weighted by molar-refractivity contribution is 5.85. The second-order valence-electron chi connectivity index (χ2n) is 4.58. The van der Waals surface area contributed by atoms with Gasteiger partial charge in [0, 0.05) is 24.5 Å². The third-order valence-corrected chi connectivity index (χ3v) is 2.94. The van der Waals surface area contributed by atoms with E-state index >= 15 is 0 Å². The van der Waals surface area contributed by atoms with Crippen molar-refractivity contribution in [2.75, 3.05) is 6.54 Å². The molecule has 2 aromatic rings. The zero-order chi connectivity index (χ0) is 14.6. The molecule has 0 unspecified atom stereocenters. The van der Waals surface area contributed by atoms with E-state index < -0.39 is 12.6 Å². The summed E-state index contributed by atoms with van der Waals surface area (Å²) in [6.45, 7) is 1.33. The fourth-order valence-corrected chi connectivity index (χ4v) is 2.01. The average Bonchev–Trinajstić information content (AvgIpc) is 2.83. The first-order valence-electron chi connectivity index (χ1n) is 6.37. The van der Waals surface area contributed by atoms with Gasteiger partial charge < -0.3 is 10.3 Å². The highest BCUT2D eigenvalue weighted by Crippen LogP contribution is 2.24. The lowest BCUT2D eigenvalue weighted by Crippen LogP contribution is -2.11. The van der Waals surface area contributed by atoms with Gasteiger partial charge in [0.1, 0.15) is 5.82 Å². The van der Waals surface area contributed by atoms with E-state index in [9.17, 15) is 13.2 Å². The van der Waals surface area contributed by atoms with E-state index in [0.717, 1.165) is 24.4 Å². The summed E-state index contributed by atoms with van der Waals surface area (Å²) in [5, 5.41) is 0. The van der Waals surface area contributed by atoms with E-state index in [-0.39, 0.29) is 30.4 Å². The Labute approximate surface area is 139 Å². The van der Waals surface area contributed by atoms with Crippen LogP contribution in [0.1, 0.15) is 12.0 Å². The van der Waals surface area contributed by atoms with Crippen LogP contribution >= 0.6 is 24.8 Å². The minimum absolute atomic E-state index is 0. The molecule has 0 amide bonds. The molecule has 0 aliphatic rings. The molecule has 1 heterocycles. The second kappa shape index (κ2) is 9.02. The Morgan fingerprint density at radius 3 is 2.27 bits per heavy atom. The van der Waals surface area contributed by atoms with Crippen LogP contribution in [0.4, 0.5) is 13.2 Å². The number of hydrogen-bond acceptors (Lipinski definition) is 2. The minimum atomic E-state index is -4.18. The van der Waals surface area contributed by atoms with Crippen molar-refractivity contribution < 1.29 is 13.2 Å². The van der Waals surface area contributed by atoms with Gasteiger partial charge in [-0.05, 0) is 18.5 Å². The van der Waals surface area contributed by atoms with Gasteiger partial charge in [-0.15, -0.1) is 24.8 Å². The van der Waals surface area contributed by atoms with E-state index in [1.54, 1.807) is 18.3 Å². The third kappa shape index (κ3) is 5.87. The maximum Gasteiger partial charge on any atom is 0.393 e. The van der Waals surface area contributed by atoms with E-state index in [1.807, 2.05) is 10.8 Å². The molecule has 0 fully saturated rings. The highest BCUT2D eigenvalue weighted by Gasteiger charge is 2.27. The van der Waals surface area contributed by atoms with Crippen LogP contribution in [0.15, 0.2) is 36.7 Å². The summed E-state index contributed by atoms with van der Waals surface area (Å²) in [4.78, 5) is 4.24. The number of benzene rings is 1. The van der Waals surface area contributed by atoms with Gasteiger partial charge in [-0.2, -0.15) is 13.2 Å². The van der Waals surface area contributed by atoms with Crippen LogP contribution in [0.2, 0.25) is 0 Å². The molecule has 1 aromatic carbocycles. The number of nitrogens with zero attached hydrogens (tertiary/aromatic N) is 2.